The van der Waals surface area contributed by atoms with Crippen molar-refractivity contribution in [3.8, 4) is 0 Å². The third-order valence-corrected chi connectivity index (χ3v) is 4.13. The topological polar surface area (TPSA) is 16.1 Å². The average molecular weight is 346 g/mol. The molecule has 1 aromatic carbocycles. The maximum atomic E-state index is 5.75. The third-order valence-electron chi connectivity index (χ3n) is 2.48. The normalized spacial score (nSPS) is 11.1. The summed E-state index contributed by atoms with van der Waals surface area (Å²) >= 11 is 10.9. The van der Waals surface area contributed by atoms with Gasteiger partial charge in [0.05, 0.1) is 18.1 Å². The first-order valence-electron chi connectivity index (χ1n) is 5.59. The van der Waals surface area contributed by atoms with Gasteiger partial charge in [0.15, 0.2) is 0 Å². The number of nitrogens with zero attached hydrogens (tertiary/aromatic N) is 2. The first-order valence-corrected chi connectivity index (χ1v) is 7.80. The molecule has 0 amide bonds. The van der Waals surface area contributed by atoms with Gasteiger partial charge in [-0.25, -0.2) is 4.98 Å². The van der Waals surface area contributed by atoms with Crippen LogP contribution in [0.15, 0.2) is 34.1 Å². The molecule has 0 saturated carbocycles. The number of thiazole rings is 1. The molecule has 5 heteroatoms. The van der Waals surface area contributed by atoms with Crippen LogP contribution in [-0.4, -0.2) is 16.9 Å². The Morgan fingerprint density at radius 1 is 1.39 bits per heavy atom. The van der Waals surface area contributed by atoms with Crippen LogP contribution in [-0.2, 0) is 19.0 Å². The van der Waals surface area contributed by atoms with Gasteiger partial charge in [0.25, 0.3) is 0 Å². The predicted molar refractivity (Wildman–Crippen MR) is 81.0 cm³/mol. The highest BCUT2D eigenvalue weighted by Crippen LogP contribution is 2.16. The van der Waals surface area contributed by atoms with E-state index in [1.165, 1.54) is 5.56 Å². The quantitative estimate of drug-likeness (QED) is 0.752. The maximum Gasteiger partial charge on any atom is 0.107 e. The van der Waals surface area contributed by atoms with Crippen LogP contribution in [0.4, 0.5) is 0 Å². The van der Waals surface area contributed by atoms with Crippen molar-refractivity contribution < 1.29 is 0 Å². The maximum absolute atomic E-state index is 5.75. The Kier molecular flexibility index (Phi) is 5.18. The lowest BCUT2D eigenvalue weighted by molar-refractivity contribution is 0.318. The molecule has 2 rings (SSSR count). The molecule has 0 spiro atoms. The van der Waals surface area contributed by atoms with E-state index in [1.807, 2.05) is 11.4 Å². The highest BCUT2D eigenvalue weighted by Gasteiger charge is 2.06. The van der Waals surface area contributed by atoms with Gasteiger partial charge in [-0.2, -0.15) is 0 Å². The van der Waals surface area contributed by atoms with Crippen LogP contribution < -0.4 is 0 Å². The Hall–Kier alpha value is -0.420. The highest BCUT2D eigenvalue weighted by atomic mass is 79.9. The van der Waals surface area contributed by atoms with Crippen LogP contribution in [0.1, 0.15) is 16.3 Å². The van der Waals surface area contributed by atoms with Crippen LogP contribution in [0.25, 0.3) is 0 Å². The number of hydrogen-bond donors (Lipinski definition) is 0. The summed E-state index contributed by atoms with van der Waals surface area (Å²) in [5.41, 5.74) is 2.26. The summed E-state index contributed by atoms with van der Waals surface area (Å²) in [7, 11) is 2.10. The lowest BCUT2D eigenvalue weighted by Crippen LogP contribution is -2.17. The number of aromatic nitrogens is 1. The molecule has 18 heavy (non-hydrogen) atoms. The van der Waals surface area contributed by atoms with Crippen molar-refractivity contribution >= 4 is 38.9 Å². The summed E-state index contributed by atoms with van der Waals surface area (Å²) in [6.45, 7) is 1.77. The molecule has 1 heterocycles. The van der Waals surface area contributed by atoms with Gasteiger partial charge in [-0.3, -0.25) is 4.90 Å². The second-order valence-corrected chi connectivity index (χ2v) is 6.29. The van der Waals surface area contributed by atoms with Crippen molar-refractivity contribution in [1.29, 1.82) is 0 Å². The second-order valence-electron chi connectivity index (χ2n) is 4.17. The minimum atomic E-state index is 0.492. The van der Waals surface area contributed by atoms with E-state index < -0.39 is 0 Å². The van der Waals surface area contributed by atoms with Gasteiger partial charge < -0.3 is 0 Å². The Labute approximate surface area is 125 Å². The van der Waals surface area contributed by atoms with Crippen LogP contribution >= 0.6 is 38.9 Å². The summed E-state index contributed by atoms with van der Waals surface area (Å²) in [5.74, 6) is 0.492. The summed E-state index contributed by atoms with van der Waals surface area (Å²) in [6.07, 6.45) is 0. The van der Waals surface area contributed by atoms with Crippen molar-refractivity contribution in [3.05, 3.63) is 50.4 Å². The molecule has 0 atom stereocenters. The smallest absolute Gasteiger partial charge is 0.107 e. The van der Waals surface area contributed by atoms with Crippen LogP contribution in [0.2, 0.25) is 0 Å². The number of halogens is 2. The molecule has 2 aromatic rings. The van der Waals surface area contributed by atoms with Crippen LogP contribution in [0.3, 0.4) is 0 Å². The van der Waals surface area contributed by atoms with E-state index in [-0.39, 0.29) is 0 Å². The average Bonchev–Trinajstić information content (AvgIpc) is 2.76. The van der Waals surface area contributed by atoms with Crippen molar-refractivity contribution in [2.24, 2.45) is 0 Å². The third kappa shape index (κ3) is 4.05. The molecule has 0 aliphatic carbocycles. The fourth-order valence-corrected chi connectivity index (χ4v) is 3.26. The molecule has 1 aromatic heterocycles. The Bertz CT molecular complexity index is 515. The molecule has 0 fully saturated rings. The fraction of sp³-hybridized carbons (Fsp3) is 0.308. The summed E-state index contributed by atoms with van der Waals surface area (Å²) in [4.78, 5) is 6.71. The Morgan fingerprint density at radius 2 is 2.22 bits per heavy atom. The molecule has 0 bridgehead atoms. The van der Waals surface area contributed by atoms with Gasteiger partial charge in [0, 0.05) is 16.4 Å². The van der Waals surface area contributed by atoms with Gasteiger partial charge in [-0.15, -0.1) is 22.9 Å². The SMILES string of the molecule is CN(Cc1cccc(Br)c1)Cc1nc(CCl)cs1. The fourth-order valence-electron chi connectivity index (χ4n) is 1.72. The first kappa shape index (κ1) is 14.0. The molecule has 0 saturated heterocycles. The first-order chi connectivity index (χ1) is 8.67. The molecule has 0 aliphatic heterocycles. The van der Waals surface area contributed by atoms with Crippen molar-refractivity contribution in [3.63, 3.8) is 0 Å². The van der Waals surface area contributed by atoms with Crippen molar-refractivity contribution in [2.45, 2.75) is 19.0 Å². The van der Waals surface area contributed by atoms with E-state index in [2.05, 4.69) is 51.1 Å². The molecule has 0 aliphatic rings. The molecule has 0 radical (unpaired) electrons. The lowest BCUT2D eigenvalue weighted by Gasteiger charge is -2.15. The van der Waals surface area contributed by atoms with E-state index in [0.717, 1.165) is 28.3 Å². The van der Waals surface area contributed by atoms with Gasteiger partial charge in [-0.05, 0) is 24.7 Å². The summed E-state index contributed by atoms with van der Waals surface area (Å²) in [5, 5.41) is 3.14. The van der Waals surface area contributed by atoms with Crippen LogP contribution in [0.5, 0.6) is 0 Å². The molecular formula is C13H14BrClN2S. The van der Waals surface area contributed by atoms with Gasteiger partial charge >= 0.3 is 0 Å². The Morgan fingerprint density at radius 3 is 2.89 bits per heavy atom. The van der Waals surface area contributed by atoms with E-state index in [9.17, 15) is 0 Å². The molecule has 2 nitrogen and oxygen atoms in total. The van der Waals surface area contributed by atoms with E-state index >= 15 is 0 Å². The van der Waals surface area contributed by atoms with Crippen molar-refractivity contribution in [2.75, 3.05) is 7.05 Å². The van der Waals surface area contributed by atoms with Gasteiger partial charge in [0.2, 0.25) is 0 Å². The standard InChI is InChI=1S/C13H14BrClN2S/c1-17(7-10-3-2-4-11(14)5-10)8-13-16-12(6-15)9-18-13/h2-5,9H,6-8H2,1H3. The van der Waals surface area contributed by atoms with Crippen LogP contribution in [0, 0.1) is 0 Å². The largest absolute Gasteiger partial charge is 0.295 e. The molecule has 96 valence electrons. The number of hydrogen-bond acceptors (Lipinski definition) is 3. The molecule has 0 unspecified atom stereocenters. The van der Waals surface area contributed by atoms with E-state index in [4.69, 9.17) is 11.6 Å². The highest BCUT2D eigenvalue weighted by molar-refractivity contribution is 9.10. The van der Waals surface area contributed by atoms with Crippen molar-refractivity contribution in [1.82, 2.24) is 9.88 Å². The minimum absolute atomic E-state index is 0.492. The zero-order chi connectivity index (χ0) is 13.0. The summed E-state index contributed by atoms with van der Waals surface area (Å²) in [6, 6.07) is 8.37. The second kappa shape index (κ2) is 6.66. The zero-order valence-corrected chi connectivity index (χ0v) is 13.2. The zero-order valence-electron chi connectivity index (χ0n) is 10.1. The number of alkyl halides is 1. The molecular weight excluding hydrogens is 332 g/mol. The minimum Gasteiger partial charge on any atom is -0.295 e. The predicted octanol–water partition coefficient (Wildman–Crippen LogP) is 4.28. The molecule has 0 N–H and O–H groups in total. The number of rotatable bonds is 5. The Balaban J connectivity index is 1.94. The van der Waals surface area contributed by atoms with E-state index in [0.29, 0.717) is 5.88 Å². The lowest BCUT2D eigenvalue weighted by atomic mass is 10.2. The van der Waals surface area contributed by atoms with Gasteiger partial charge in [-0.1, -0.05) is 28.1 Å². The monoisotopic (exact) mass is 344 g/mol. The summed E-state index contributed by atoms with van der Waals surface area (Å²) < 4.78 is 1.12. The van der Waals surface area contributed by atoms with E-state index in [1.54, 1.807) is 11.3 Å². The van der Waals surface area contributed by atoms with Gasteiger partial charge in [0.1, 0.15) is 5.01 Å². The number of benzene rings is 1.